The molecule has 18 heavy (non-hydrogen) atoms. The van der Waals surface area contributed by atoms with Crippen molar-refractivity contribution in [3.63, 3.8) is 0 Å². The summed E-state index contributed by atoms with van der Waals surface area (Å²) in [6.07, 6.45) is 0. The lowest BCUT2D eigenvalue weighted by atomic mass is 10.1. The third-order valence-electron chi connectivity index (χ3n) is 2.73. The first-order valence-electron chi connectivity index (χ1n) is 5.52. The minimum absolute atomic E-state index is 0. The summed E-state index contributed by atoms with van der Waals surface area (Å²) in [5, 5.41) is 2.85. The summed E-state index contributed by atoms with van der Waals surface area (Å²) in [5.41, 5.74) is 13.4. The highest BCUT2D eigenvalue weighted by molar-refractivity contribution is 5.96. The van der Waals surface area contributed by atoms with Gasteiger partial charge in [-0.05, 0) is 32.9 Å². The Morgan fingerprint density at radius 3 is 2.22 bits per heavy atom. The number of aliphatic imine (C=N–C) groups is 1. The van der Waals surface area contributed by atoms with E-state index in [1.807, 2.05) is 49.6 Å². The van der Waals surface area contributed by atoms with Crippen molar-refractivity contribution in [1.29, 1.82) is 0 Å². The van der Waals surface area contributed by atoms with Gasteiger partial charge in [-0.15, -0.1) is 0 Å². The van der Waals surface area contributed by atoms with Gasteiger partial charge in [0, 0.05) is 0 Å². The number of hydrogen-bond acceptors (Lipinski definition) is 4. The predicted octanol–water partition coefficient (Wildman–Crippen LogP) is -2.39. The minimum Gasteiger partial charge on any atom is -1.00 e. The number of benzene rings is 1. The summed E-state index contributed by atoms with van der Waals surface area (Å²) in [5.74, 6) is 0.835. The molecule has 2 rings (SSSR count). The van der Waals surface area contributed by atoms with Crippen molar-refractivity contribution in [3.8, 4) is 0 Å². The molecule has 0 amide bonds. The number of nitrogens with two attached hydrogens (primary N) is 2. The van der Waals surface area contributed by atoms with Crippen LogP contribution in [0.15, 0.2) is 29.3 Å². The van der Waals surface area contributed by atoms with Crippen LogP contribution in [0.1, 0.15) is 19.4 Å². The van der Waals surface area contributed by atoms with Gasteiger partial charge in [0.2, 0.25) is 0 Å². The number of guanidine groups is 2. The van der Waals surface area contributed by atoms with Crippen LogP contribution in [0.2, 0.25) is 0 Å². The van der Waals surface area contributed by atoms with Crippen LogP contribution in [0.25, 0.3) is 0 Å². The number of nitrogens with one attached hydrogen (secondary N) is 1. The molecule has 0 unspecified atom stereocenters. The van der Waals surface area contributed by atoms with Gasteiger partial charge >= 0.3 is 5.96 Å². The first-order chi connectivity index (χ1) is 7.90. The van der Waals surface area contributed by atoms with Crippen molar-refractivity contribution < 1.29 is 17.0 Å². The fraction of sp³-hybridized carbons (Fsp3) is 0.333. The lowest BCUT2D eigenvalue weighted by molar-refractivity contribution is -0.527. The summed E-state index contributed by atoms with van der Waals surface area (Å²) in [4.78, 5) is 4.35. The van der Waals surface area contributed by atoms with Gasteiger partial charge in [-0.3, -0.25) is 5.73 Å². The highest BCUT2D eigenvalue weighted by atomic mass is 35.5. The molecule has 1 heterocycles. The molecule has 0 saturated heterocycles. The van der Waals surface area contributed by atoms with Crippen molar-refractivity contribution in [2.24, 2.45) is 16.5 Å². The highest BCUT2D eigenvalue weighted by Gasteiger charge is 2.33. The van der Waals surface area contributed by atoms with Crippen LogP contribution in [0.4, 0.5) is 5.69 Å². The van der Waals surface area contributed by atoms with E-state index in [2.05, 4.69) is 10.3 Å². The number of hydrogen-bond donors (Lipinski definition) is 3. The van der Waals surface area contributed by atoms with Crippen molar-refractivity contribution in [1.82, 2.24) is 5.32 Å². The van der Waals surface area contributed by atoms with Crippen LogP contribution in [0, 0.1) is 6.92 Å². The van der Waals surface area contributed by atoms with E-state index in [-0.39, 0.29) is 12.4 Å². The Hall–Kier alpha value is -1.75. The molecule has 0 atom stereocenters. The second-order valence-corrected chi connectivity index (χ2v) is 4.67. The zero-order chi connectivity index (χ0) is 12.6. The number of rotatable bonds is 1. The standard InChI is InChI=1S/C12H17N5.ClH/c1-8-4-6-9(7-5-8)17-11(14)15-10(13)16-12(17,2)3;/h4-7H,1-3H3,(H4,13,14,15,16);1H. The Bertz CT molecular complexity index is 502. The Kier molecular flexibility index (Phi) is 3.86. The van der Waals surface area contributed by atoms with E-state index in [0.29, 0.717) is 11.9 Å². The summed E-state index contributed by atoms with van der Waals surface area (Å²) >= 11 is 0. The van der Waals surface area contributed by atoms with Crippen LogP contribution in [-0.4, -0.2) is 22.2 Å². The molecule has 1 aliphatic heterocycles. The molecule has 1 aromatic rings. The maximum atomic E-state index is 5.99. The lowest BCUT2D eigenvalue weighted by Gasteiger charge is -2.28. The Labute approximate surface area is 113 Å². The molecule has 0 fully saturated rings. The quantitative estimate of drug-likeness (QED) is 0.497. The predicted molar refractivity (Wildman–Crippen MR) is 69.1 cm³/mol. The van der Waals surface area contributed by atoms with E-state index in [1.165, 1.54) is 5.56 Å². The molecule has 5 N–H and O–H groups in total. The van der Waals surface area contributed by atoms with Crippen molar-refractivity contribution in [3.05, 3.63) is 29.8 Å². The second kappa shape index (κ2) is 4.86. The van der Waals surface area contributed by atoms with E-state index >= 15 is 0 Å². The molecule has 1 aliphatic rings. The van der Waals surface area contributed by atoms with Crippen LogP contribution < -0.4 is 29.2 Å². The van der Waals surface area contributed by atoms with E-state index in [4.69, 9.17) is 11.5 Å². The van der Waals surface area contributed by atoms with Gasteiger partial charge < -0.3 is 18.1 Å². The molecule has 0 radical (unpaired) electrons. The third kappa shape index (κ3) is 2.56. The molecule has 0 aromatic heterocycles. The molecule has 0 saturated carbocycles. The van der Waals surface area contributed by atoms with Crippen LogP contribution >= 0.6 is 0 Å². The van der Waals surface area contributed by atoms with Crippen LogP contribution in [-0.2, 0) is 0 Å². The Morgan fingerprint density at radius 2 is 1.72 bits per heavy atom. The Balaban J connectivity index is 0.00000162. The average Bonchev–Trinajstić information content (AvgIpc) is 2.18. The third-order valence-corrected chi connectivity index (χ3v) is 2.73. The van der Waals surface area contributed by atoms with Gasteiger partial charge in [0.1, 0.15) is 5.69 Å². The molecule has 0 spiro atoms. The fourth-order valence-corrected chi connectivity index (χ4v) is 2.00. The number of nitrogens with zero attached hydrogens (tertiary/aromatic N) is 2. The topological polar surface area (TPSA) is 79.4 Å². The largest absolute Gasteiger partial charge is 1.00 e. The minimum atomic E-state index is -0.491. The molecule has 0 aliphatic carbocycles. The zero-order valence-electron chi connectivity index (χ0n) is 10.7. The lowest BCUT2D eigenvalue weighted by Crippen LogP contribution is -3.00. The molecule has 1 aromatic carbocycles. The summed E-state index contributed by atoms with van der Waals surface area (Å²) in [7, 11) is 0. The van der Waals surface area contributed by atoms with Crippen molar-refractivity contribution in [2.75, 3.05) is 0 Å². The average molecular weight is 268 g/mol. The molecule has 98 valence electrons. The van der Waals surface area contributed by atoms with Gasteiger partial charge in [0.15, 0.2) is 5.66 Å². The monoisotopic (exact) mass is 267 g/mol. The van der Waals surface area contributed by atoms with E-state index < -0.39 is 5.66 Å². The molecular weight excluding hydrogens is 250 g/mol. The van der Waals surface area contributed by atoms with Crippen LogP contribution in [0.3, 0.4) is 0 Å². The van der Waals surface area contributed by atoms with E-state index in [0.717, 1.165) is 5.69 Å². The van der Waals surface area contributed by atoms with Crippen molar-refractivity contribution in [2.45, 2.75) is 26.4 Å². The van der Waals surface area contributed by atoms with Gasteiger partial charge in [-0.25, -0.2) is 9.89 Å². The normalized spacial score (nSPS) is 17.6. The second-order valence-electron chi connectivity index (χ2n) is 4.67. The zero-order valence-corrected chi connectivity index (χ0v) is 11.5. The molecular formula is C12H18ClN5. The smallest absolute Gasteiger partial charge is 0.357 e. The molecule has 0 bridgehead atoms. The summed E-state index contributed by atoms with van der Waals surface area (Å²) in [6.45, 7) is 5.98. The van der Waals surface area contributed by atoms with Crippen molar-refractivity contribution >= 4 is 17.6 Å². The first-order valence-corrected chi connectivity index (χ1v) is 5.52. The van der Waals surface area contributed by atoms with Gasteiger partial charge in [0.05, 0.1) is 0 Å². The molecule has 5 nitrogen and oxygen atoms in total. The summed E-state index contributed by atoms with van der Waals surface area (Å²) < 4.78 is 1.92. The molecule has 6 heteroatoms. The Morgan fingerprint density at radius 1 is 1.17 bits per heavy atom. The maximum absolute atomic E-state index is 5.99. The van der Waals surface area contributed by atoms with Gasteiger partial charge in [-0.2, -0.15) is 4.99 Å². The fourth-order valence-electron chi connectivity index (χ4n) is 2.00. The number of halogens is 1. The maximum Gasteiger partial charge on any atom is 0.357 e. The summed E-state index contributed by atoms with van der Waals surface area (Å²) in [6, 6.07) is 8.12. The SMILES string of the molecule is Cc1ccc([N+]2=C(N)NC(N)=NC2(C)C)cc1.[Cl-]. The highest BCUT2D eigenvalue weighted by Crippen LogP contribution is 2.24. The van der Waals surface area contributed by atoms with Crippen LogP contribution in [0.5, 0.6) is 0 Å². The van der Waals surface area contributed by atoms with E-state index in [1.54, 1.807) is 0 Å². The van der Waals surface area contributed by atoms with E-state index in [9.17, 15) is 0 Å². The first kappa shape index (κ1) is 14.3. The van der Waals surface area contributed by atoms with Gasteiger partial charge in [0.25, 0.3) is 5.96 Å². The number of aryl methyl sites for hydroxylation is 1. The van der Waals surface area contributed by atoms with Gasteiger partial charge in [-0.1, -0.05) is 17.7 Å².